The standard InChI is InChI=1S/C13H15BrN2OS/c14-11-6-5-8(18-11)7-15-16-13(17)12-9-3-1-2-4-10(9)12/h5-7,9-10,12H,1-4H2,(H,16,17)/b15-7-/t9-,10+,12?. The lowest BCUT2D eigenvalue weighted by molar-refractivity contribution is -0.122. The van der Waals surface area contributed by atoms with Crippen LogP contribution >= 0.6 is 27.3 Å². The Kier molecular flexibility index (Phi) is 3.52. The number of nitrogens with zero attached hydrogens (tertiary/aromatic N) is 1. The van der Waals surface area contributed by atoms with Gasteiger partial charge in [0.25, 0.3) is 0 Å². The Morgan fingerprint density at radius 3 is 2.72 bits per heavy atom. The molecule has 0 aromatic carbocycles. The summed E-state index contributed by atoms with van der Waals surface area (Å²) in [6.45, 7) is 0. The van der Waals surface area contributed by atoms with E-state index in [4.69, 9.17) is 0 Å². The second kappa shape index (κ2) is 5.13. The van der Waals surface area contributed by atoms with Crippen molar-refractivity contribution in [3.05, 3.63) is 20.8 Å². The molecule has 1 aromatic heterocycles. The van der Waals surface area contributed by atoms with Gasteiger partial charge in [-0.15, -0.1) is 11.3 Å². The third-order valence-corrected chi connectivity index (χ3v) is 5.48. The first-order chi connectivity index (χ1) is 8.75. The fraction of sp³-hybridized carbons (Fsp3) is 0.538. The maximum Gasteiger partial charge on any atom is 0.243 e. The molecule has 0 spiro atoms. The van der Waals surface area contributed by atoms with Crippen LogP contribution in [0.2, 0.25) is 0 Å². The summed E-state index contributed by atoms with van der Waals surface area (Å²) in [5.74, 6) is 1.63. The quantitative estimate of drug-likeness (QED) is 0.671. The van der Waals surface area contributed by atoms with Crippen molar-refractivity contribution < 1.29 is 4.79 Å². The molecule has 0 radical (unpaired) electrons. The number of rotatable bonds is 3. The first-order valence-corrected chi connectivity index (χ1v) is 7.95. The highest BCUT2D eigenvalue weighted by atomic mass is 79.9. The van der Waals surface area contributed by atoms with Gasteiger partial charge < -0.3 is 0 Å². The van der Waals surface area contributed by atoms with E-state index in [-0.39, 0.29) is 11.8 Å². The van der Waals surface area contributed by atoms with Crippen LogP contribution in [0, 0.1) is 17.8 Å². The number of carbonyl (C=O) groups is 1. The fourth-order valence-corrected chi connectivity index (χ4v) is 4.31. The fourth-order valence-electron chi connectivity index (χ4n) is 3.01. The van der Waals surface area contributed by atoms with Crippen LogP contribution in [-0.4, -0.2) is 12.1 Å². The summed E-state index contributed by atoms with van der Waals surface area (Å²) in [5, 5.41) is 4.04. The predicted octanol–water partition coefficient (Wildman–Crippen LogP) is 3.40. The minimum atomic E-state index is 0.110. The maximum atomic E-state index is 11.9. The molecule has 1 N–H and O–H groups in total. The third kappa shape index (κ3) is 2.52. The Balaban J connectivity index is 1.51. The number of carbonyl (C=O) groups excluding carboxylic acids is 1. The Morgan fingerprint density at radius 1 is 1.39 bits per heavy atom. The van der Waals surface area contributed by atoms with Gasteiger partial charge in [-0.1, -0.05) is 12.8 Å². The van der Waals surface area contributed by atoms with E-state index in [1.165, 1.54) is 25.7 Å². The van der Waals surface area contributed by atoms with Crippen molar-refractivity contribution in [2.45, 2.75) is 25.7 Å². The molecule has 2 aliphatic rings. The molecular weight excluding hydrogens is 312 g/mol. The zero-order valence-electron chi connectivity index (χ0n) is 9.93. The van der Waals surface area contributed by atoms with E-state index in [2.05, 4.69) is 26.5 Å². The van der Waals surface area contributed by atoms with Crippen LogP contribution in [0.15, 0.2) is 21.0 Å². The molecule has 96 valence electrons. The van der Waals surface area contributed by atoms with E-state index in [1.54, 1.807) is 17.6 Å². The molecular formula is C13H15BrN2OS. The van der Waals surface area contributed by atoms with Crippen LogP contribution in [0.3, 0.4) is 0 Å². The monoisotopic (exact) mass is 326 g/mol. The number of hydrazone groups is 1. The average Bonchev–Trinajstić information content (AvgIpc) is 2.97. The van der Waals surface area contributed by atoms with Crippen molar-refractivity contribution in [1.82, 2.24) is 5.43 Å². The molecule has 2 fully saturated rings. The zero-order chi connectivity index (χ0) is 12.5. The average molecular weight is 327 g/mol. The van der Waals surface area contributed by atoms with Crippen LogP contribution in [0.5, 0.6) is 0 Å². The van der Waals surface area contributed by atoms with Crippen molar-refractivity contribution >= 4 is 39.4 Å². The molecule has 1 heterocycles. The molecule has 0 bridgehead atoms. The maximum absolute atomic E-state index is 11.9. The van der Waals surface area contributed by atoms with Crippen molar-refractivity contribution in [3.8, 4) is 0 Å². The van der Waals surface area contributed by atoms with Crippen molar-refractivity contribution in [3.63, 3.8) is 0 Å². The van der Waals surface area contributed by atoms with Gasteiger partial charge in [0.15, 0.2) is 0 Å². The van der Waals surface area contributed by atoms with Crippen LogP contribution < -0.4 is 5.43 Å². The number of nitrogens with one attached hydrogen (secondary N) is 1. The number of thiophene rings is 1. The summed E-state index contributed by atoms with van der Waals surface area (Å²) in [6.07, 6.45) is 6.74. The van der Waals surface area contributed by atoms with Gasteiger partial charge in [-0.3, -0.25) is 4.79 Å². The lowest BCUT2D eigenvalue weighted by atomic mass is 10.0. The van der Waals surface area contributed by atoms with Gasteiger partial charge in [0, 0.05) is 10.8 Å². The topological polar surface area (TPSA) is 41.5 Å². The number of halogens is 1. The molecule has 18 heavy (non-hydrogen) atoms. The van der Waals surface area contributed by atoms with E-state index in [1.807, 2.05) is 12.1 Å². The van der Waals surface area contributed by atoms with Gasteiger partial charge in [0.05, 0.1) is 10.0 Å². The molecule has 1 unspecified atom stereocenters. The minimum absolute atomic E-state index is 0.110. The largest absolute Gasteiger partial charge is 0.273 e. The molecule has 3 nitrogen and oxygen atoms in total. The lowest BCUT2D eigenvalue weighted by Gasteiger charge is -2.04. The molecule has 2 saturated carbocycles. The summed E-state index contributed by atoms with van der Waals surface area (Å²) in [4.78, 5) is 13.0. The van der Waals surface area contributed by atoms with E-state index in [0.29, 0.717) is 11.8 Å². The number of amides is 1. The summed E-state index contributed by atoms with van der Waals surface area (Å²) >= 11 is 5.00. The Bertz CT molecular complexity index is 473. The summed E-state index contributed by atoms with van der Waals surface area (Å²) < 4.78 is 1.07. The normalized spacial score (nSPS) is 30.2. The second-order valence-electron chi connectivity index (χ2n) is 5.01. The van der Waals surface area contributed by atoms with E-state index < -0.39 is 0 Å². The second-order valence-corrected chi connectivity index (χ2v) is 7.51. The SMILES string of the molecule is O=C(N/N=C\c1ccc(Br)s1)C1[C@H]2CCCC[C@@H]12. The number of hydrogen-bond donors (Lipinski definition) is 1. The molecule has 5 heteroatoms. The highest BCUT2D eigenvalue weighted by Gasteiger charge is 2.54. The van der Waals surface area contributed by atoms with Crippen molar-refractivity contribution in [2.24, 2.45) is 22.9 Å². The van der Waals surface area contributed by atoms with Gasteiger partial charge in [-0.2, -0.15) is 5.10 Å². The van der Waals surface area contributed by atoms with Crippen LogP contribution in [-0.2, 0) is 4.79 Å². The van der Waals surface area contributed by atoms with E-state index in [0.717, 1.165) is 8.66 Å². The number of fused-ring (bicyclic) bond motifs is 1. The highest BCUT2D eigenvalue weighted by Crippen LogP contribution is 2.55. The van der Waals surface area contributed by atoms with Crippen molar-refractivity contribution in [2.75, 3.05) is 0 Å². The van der Waals surface area contributed by atoms with Crippen molar-refractivity contribution in [1.29, 1.82) is 0 Å². The summed E-state index contributed by atoms with van der Waals surface area (Å²) in [7, 11) is 0. The summed E-state index contributed by atoms with van der Waals surface area (Å²) in [6, 6.07) is 3.95. The molecule has 0 saturated heterocycles. The van der Waals surface area contributed by atoms with Gasteiger partial charge in [0.2, 0.25) is 5.91 Å². The van der Waals surface area contributed by atoms with Crippen LogP contribution in [0.1, 0.15) is 30.6 Å². The zero-order valence-corrected chi connectivity index (χ0v) is 12.3. The van der Waals surface area contributed by atoms with Gasteiger partial charge >= 0.3 is 0 Å². The smallest absolute Gasteiger partial charge is 0.243 e. The highest BCUT2D eigenvalue weighted by molar-refractivity contribution is 9.11. The first-order valence-electron chi connectivity index (χ1n) is 6.34. The Labute approximate surface area is 119 Å². The third-order valence-electron chi connectivity index (χ3n) is 3.92. The lowest BCUT2D eigenvalue weighted by Crippen LogP contribution is -2.20. The Hall–Kier alpha value is -0.680. The molecule has 2 aliphatic carbocycles. The molecule has 3 rings (SSSR count). The first kappa shape index (κ1) is 12.4. The molecule has 1 aromatic rings. The molecule has 3 atom stereocenters. The molecule has 1 amide bonds. The molecule has 0 aliphatic heterocycles. The van der Waals surface area contributed by atoms with Gasteiger partial charge in [0.1, 0.15) is 0 Å². The van der Waals surface area contributed by atoms with Gasteiger partial charge in [-0.25, -0.2) is 5.43 Å². The predicted molar refractivity (Wildman–Crippen MR) is 76.7 cm³/mol. The van der Waals surface area contributed by atoms with E-state index in [9.17, 15) is 4.79 Å². The number of hydrogen-bond acceptors (Lipinski definition) is 3. The van der Waals surface area contributed by atoms with Crippen LogP contribution in [0.25, 0.3) is 0 Å². The minimum Gasteiger partial charge on any atom is -0.273 e. The summed E-state index contributed by atoms with van der Waals surface area (Å²) in [5.41, 5.74) is 2.68. The van der Waals surface area contributed by atoms with E-state index >= 15 is 0 Å². The Morgan fingerprint density at radius 2 is 2.11 bits per heavy atom. The van der Waals surface area contributed by atoms with Gasteiger partial charge in [-0.05, 0) is 52.7 Å². The van der Waals surface area contributed by atoms with Crippen LogP contribution in [0.4, 0.5) is 0 Å².